The first-order chi connectivity index (χ1) is 13.4. The minimum atomic E-state index is -0.740. The number of rotatable bonds is 10. The number of primary amides is 1. The van der Waals surface area contributed by atoms with E-state index < -0.39 is 10.8 Å². The Labute approximate surface area is 167 Å². The number of nitrogens with two attached hydrogens (primary N) is 1. The Balaban J connectivity index is 1.93. The molecular weight excluding hydrogens is 378 g/mol. The number of nitrogens with zero attached hydrogens (tertiary/aromatic N) is 1. The number of thioether (sulfide) groups is 1. The van der Waals surface area contributed by atoms with Crippen LogP contribution in [0.1, 0.15) is 42.1 Å². The largest absolute Gasteiger partial charge is 0.366 e. The molecule has 28 heavy (non-hydrogen) atoms. The number of benzene rings is 2. The van der Waals surface area contributed by atoms with Crippen molar-refractivity contribution in [2.45, 2.75) is 37.5 Å². The summed E-state index contributed by atoms with van der Waals surface area (Å²) in [5.41, 5.74) is 6.87. The van der Waals surface area contributed by atoms with Gasteiger partial charge in [-0.05, 0) is 42.7 Å². The van der Waals surface area contributed by atoms with Crippen molar-refractivity contribution in [1.82, 2.24) is 0 Å². The van der Waals surface area contributed by atoms with Crippen molar-refractivity contribution in [3.63, 3.8) is 0 Å². The second kappa shape index (κ2) is 10.5. The Morgan fingerprint density at radius 1 is 1.14 bits per heavy atom. The second-order valence-electron chi connectivity index (χ2n) is 6.29. The van der Waals surface area contributed by atoms with Gasteiger partial charge in [0, 0.05) is 17.3 Å². The number of unbranched alkanes of at least 4 members (excludes halogenated alkanes) is 2. The lowest BCUT2D eigenvalue weighted by Gasteiger charge is -2.07. The van der Waals surface area contributed by atoms with Crippen molar-refractivity contribution in [3.05, 3.63) is 63.7 Å². The van der Waals surface area contributed by atoms with Crippen molar-refractivity contribution in [1.29, 1.82) is 0 Å². The number of carbonyl (C=O) groups excluding carboxylic acids is 2. The van der Waals surface area contributed by atoms with Gasteiger partial charge in [-0.3, -0.25) is 19.7 Å². The Bertz CT molecular complexity index is 853. The number of amides is 2. The van der Waals surface area contributed by atoms with Gasteiger partial charge in [0.2, 0.25) is 11.8 Å². The summed E-state index contributed by atoms with van der Waals surface area (Å²) in [6.45, 7) is 2.16. The number of carbonyl (C=O) groups is 2. The lowest BCUT2D eigenvalue weighted by Crippen LogP contribution is -2.14. The summed E-state index contributed by atoms with van der Waals surface area (Å²) >= 11 is 1.03. The standard InChI is InChI=1S/C20H23N3O4S/c1-2-3-4-5-14-6-9-16(10-7-14)22-19(24)13-28-18-11-8-15(20(21)25)12-17(18)23(26)27/h6-12H,2-5,13H2,1H3,(H2,21,25)(H,22,24). The molecule has 2 aromatic rings. The van der Waals surface area contributed by atoms with E-state index in [1.165, 1.54) is 30.5 Å². The van der Waals surface area contributed by atoms with Crippen LogP contribution in [0.5, 0.6) is 0 Å². The third kappa shape index (κ3) is 6.38. The number of hydrogen-bond donors (Lipinski definition) is 2. The van der Waals surface area contributed by atoms with E-state index in [0.29, 0.717) is 10.6 Å². The molecule has 0 saturated carbocycles. The molecule has 0 atom stereocenters. The van der Waals surface area contributed by atoms with E-state index in [9.17, 15) is 19.7 Å². The maximum absolute atomic E-state index is 12.2. The van der Waals surface area contributed by atoms with Crippen LogP contribution in [0.25, 0.3) is 0 Å². The molecule has 0 aromatic heterocycles. The van der Waals surface area contributed by atoms with Crippen molar-refractivity contribution >= 4 is 35.0 Å². The summed E-state index contributed by atoms with van der Waals surface area (Å²) in [6.07, 6.45) is 4.53. The van der Waals surface area contributed by atoms with Crippen molar-refractivity contribution < 1.29 is 14.5 Å². The van der Waals surface area contributed by atoms with Crippen LogP contribution in [0, 0.1) is 10.1 Å². The number of aryl methyl sites for hydroxylation is 1. The molecule has 2 rings (SSSR count). The third-order valence-corrected chi connectivity index (χ3v) is 5.17. The molecule has 8 heteroatoms. The summed E-state index contributed by atoms with van der Waals surface area (Å²) in [5.74, 6) is -0.998. The maximum atomic E-state index is 12.2. The highest BCUT2D eigenvalue weighted by molar-refractivity contribution is 8.00. The zero-order valence-electron chi connectivity index (χ0n) is 15.6. The first-order valence-electron chi connectivity index (χ1n) is 9.00. The Hall–Kier alpha value is -2.87. The van der Waals surface area contributed by atoms with Gasteiger partial charge in [-0.1, -0.05) is 31.9 Å². The van der Waals surface area contributed by atoms with E-state index in [0.717, 1.165) is 30.7 Å². The van der Waals surface area contributed by atoms with Crippen LogP contribution in [0.15, 0.2) is 47.4 Å². The average molecular weight is 401 g/mol. The van der Waals surface area contributed by atoms with Crippen molar-refractivity contribution in [2.75, 3.05) is 11.1 Å². The van der Waals surface area contributed by atoms with Gasteiger partial charge in [0.25, 0.3) is 5.69 Å². The Kier molecular flexibility index (Phi) is 8.01. The minimum absolute atomic E-state index is 0.00894. The van der Waals surface area contributed by atoms with Crippen LogP contribution in [-0.4, -0.2) is 22.5 Å². The minimum Gasteiger partial charge on any atom is -0.366 e. The molecule has 0 spiro atoms. The smallest absolute Gasteiger partial charge is 0.283 e. The number of nitro groups is 1. The third-order valence-electron chi connectivity index (χ3n) is 4.11. The van der Waals surface area contributed by atoms with Gasteiger partial charge in [0.15, 0.2) is 0 Å². The zero-order chi connectivity index (χ0) is 20.5. The lowest BCUT2D eigenvalue weighted by molar-refractivity contribution is -0.387. The van der Waals surface area contributed by atoms with Crippen LogP contribution in [0.3, 0.4) is 0 Å². The predicted octanol–water partition coefficient (Wildman–Crippen LogP) is 4.16. The highest BCUT2D eigenvalue weighted by atomic mass is 32.2. The van der Waals surface area contributed by atoms with Gasteiger partial charge < -0.3 is 11.1 Å². The quantitative estimate of drug-likeness (QED) is 0.268. The van der Waals surface area contributed by atoms with Crippen molar-refractivity contribution in [3.8, 4) is 0 Å². The topological polar surface area (TPSA) is 115 Å². The SMILES string of the molecule is CCCCCc1ccc(NC(=O)CSc2ccc(C(N)=O)cc2[N+](=O)[O-])cc1. The highest BCUT2D eigenvalue weighted by Crippen LogP contribution is 2.30. The van der Waals surface area contributed by atoms with Crippen LogP contribution in [0.2, 0.25) is 0 Å². The fraction of sp³-hybridized carbons (Fsp3) is 0.300. The summed E-state index contributed by atoms with van der Waals surface area (Å²) in [7, 11) is 0. The molecule has 0 radical (unpaired) electrons. The summed E-state index contributed by atoms with van der Waals surface area (Å²) in [6, 6.07) is 11.7. The zero-order valence-corrected chi connectivity index (χ0v) is 16.5. The molecule has 0 heterocycles. The molecule has 3 N–H and O–H groups in total. The van der Waals surface area contributed by atoms with Crippen LogP contribution in [-0.2, 0) is 11.2 Å². The van der Waals surface area contributed by atoms with Gasteiger partial charge in [0.1, 0.15) is 0 Å². The Morgan fingerprint density at radius 2 is 1.86 bits per heavy atom. The van der Waals surface area contributed by atoms with E-state index in [2.05, 4.69) is 12.2 Å². The van der Waals surface area contributed by atoms with Crippen LogP contribution in [0.4, 0.5) is 11.4 Å². The van der Waals surface area contributed by atoms with E-state index in [1.54, 1.807) is 0 Å². The van der Waals surface area contributed by atoms with Gasteiger partial charge in [-0.15, -0.1) is 11.8 Å². The highest BCUT2D eigenvalue weighted by Gasteiger charge is 2.18. The molecule has 0 unspecified atom stereocenters. The van der Waals surface area contributed by atoms with Gasteiger partial charge >= 0.3 is 0 Å². The predicted molar refractivity (Wildman–Crippen MR) is 111 cm³/mol. The lowest BCUT2D eigenvalue weighted by atomic mass is 10.1. The molecule has 0 aliphatic rings. The van der Waals surface area contributed by atoms with Crippen LogP contribution >= 0.6 is 11.8 Å². The molecule has 0 aliphatic heterocycles. The summed E-state index contributed by atoms with van der Waals surface area (Å²) < 4.78 is 0. The number of nitrogens with one attached hydrogen (secondary N) is 1. The molecule has 0 bridgehead atoms. The first-order valence-corrected chi connectivity index (χ1v) is 9.99. The molecule has 2 aromatic carbocycles. The molecular formula is C20H23N3O4S. The van der Waals surface area contributed by atoms with Crippen molar-refractivity contribution in [2.24, 2.45) is 5.73 Å². The maximum Gasteiger partial charge on any atom is 0.283 e. The van der Waals surface area contributed by atoms with E-state index in [1.807, 2.05) is 24.3 Å². The van der Waals surface area contributed by atoms with E-state index >= 15 is 0 Å². The molecule has 0 aliphatic carbocycles. The van der Waals surface area contributed by atoms with Crippen LogP contribution < -0.4 is 11.1 Å². The van der Waals surface area contributed by atoms with E-state index in [-0.39, 0.29) is 22.9 Å². The monoisotopic (exact) mass is 401 g/mol. The summed E-state index contributed by atoms with van der Waals surface area (Å²) in [5, 5.41) is 14.0. The molecule has 0 saturated heterocycles. The molecule has 148 valence electrons. The van der Waals surface area contributed by atoms with Gasteiger partial charge in [-0.2, -0.15) is 0 Å². The van der Waals surface area contributed by atoms with Gasteiger partial charge in [0.05, 0.1) is 15.6 Å². The number of hydrogen-bond acceptors (Lipinski definition) is 5. The fourth-order valence-electron chi connectivity index (χ4n) is 2.61. The normalized spacial score (nSPS) is 10.5. The summed E-state index contributed by atoms with van der Waals surface area (Å²) in [4.78, 5) is 34.3. The first kappa shape index (κ1) is 21.4. The number of anilines is 1. The molecule has 0 fully saturated rings. The fourth-order valence-corrected chi connectivity index (χ4v) is 3.41. The molecule has 7 nitrogen and oxygen atoms in total. The number of nitro benzene ring substituents is 1. The Morgan fingerprint density at radius 3 is 2.46 bits per heavy atom. The molecule has 2 amide bonds. The average Bonchev–Trinajstić information content (AvgIpc) is 2.67. The van der Waals surface area contributed by atoms with E-state index in [4.69, 9.17) is 5.73 Å². The second-order valence-corrected chi connectivity index (χ2v) is 7.31. The van der Waals surface area contributed by atoms with Gasteiger partial charge in [-0.25, -0.2) is 0 Å².